The fraction of sp³-hybridized carbons (Fsp3) is 0.632. The molecule has 0 radical (unpaired) electrons. The molecule has 1 atom stereocenters. The number of hydrogen-bond donors (Lipinski definition) is 0. The van der Waals surface area contributed by atoms with E-state index in [9.17, 15) is 4.79 Å². The Morgan fingerprint density at radius 2 is 2.00 bits per heavy atom. The molecule has 0 aromatic heterocycles. The van der Waals surface area contributed by atoms with Gasteiger partial charge in [0.25, 0.3) is 0 Å². The molecule has 1 rings (SSSR count). The topological polar surface area (TPSA) is 38.8 Å². The van der Waals surface area contributed by atoms with Gasteiger partial charge in [-0.2, -0.15) is 0 Å². The lowest BCUT2D eigenvalue weighted by atomic mass is 9.96. The normalized spacial score (nSPS) is 13.3. The van der Waals surface area contributed by atoms with Crippen LogP contribution in [0, 0.1) is 0 Å². The summed E-state index contributed by atoms with van der Waals surface area (Å²) >= 11 is 0. The van der Waals surface area contributed by atoms with Gasteiger partial charge < -0.3 is 14.4 Å². The summed E-state index contributed by atoms with van der Waals surface area (Å²) in [6.45, 7) is 6.56. The summed E-state index contributed by atoms with van der Waals surface area (Å²) in [4.78, 5) is 14.1. The van der Waals surface area contributed by atoms with Gasteiger partial charge in [-0.25, -0.2) is 0 Å². The summed E-state index contributed by atoms with van der Waals surface area (Å²) < 4.78 is 11.3. The molecule has 0 aliphatic carbocycles. The minimum atomic E-state index is -0.349. The number of benzene rings is 1. The van der Waals surface area contributed by atoms with Crippen molar-refractivity contribution < 1.29 is 14.3 Å². The Bertz CT molecular complexity index is 487. The van der Waals surface area contributed by atoms with Gasteiger partial charge in [0.15, 0.2) is 0 Å². The Hall–Kier alpha value is -1.71. The lowest BCUT2D eigenvalue weighted by molar-refractivity contribution is -0.159. The number of carbonyl (C=O) groups is 1. The highest BCUT2D eigenvalue weighted by Crippen LogP contribution is 2.24. The zero-order chi connectivity index (χ0) is 17.3. The molecule has 130 valence electrons. The third kappa shape index (κ3) is 6.93. The number of nitrogens with zero attached hydrogens (tertiary/aromatic N) is 1. The monoisotopic (exact) mass is 321 g/mol. The second-order valence-corrected chi connectivity index (χ2v) is 6.37. The van der Waals surface area contributed by atoms with E-state index in [1.807, 2.05) is 50.2 Å². The van der Waals surface area contributed by atoms with Crippen LogP contribution >= 0.6 is 0 Å². The van der Waals surface area contributed by atoms with Crippen molar-refractivity contribution in [3.05, 3.63) is 24.3 Å². The zero-order valence-electron chi connectivity index (χ0n) is 15.2. The van der Waals surface area contributed by atoms with E-state index in [1.165, 1.54) is 0 Å². The Kier molecular flexibility index (Phi) is 7.93. The van der Waals surface area contributed by atoms with Crippen molar-refractivity contribution >= 4 is 11.7 Å². The first-order chi connectivity index (χ1) is 10.9. The summed E-state index contributed by atoms with van der Waals surface area (Å²) in [5.74, 6) is 0.586. The molecule has 0 fully saturated rings. The maximum Gasteiger partial charge on any atom is 0.309 e. The SMILES string of the molecule is CCCCC(C)(CC)OC(=O)CCOc1cccc(N(C)C)c1. The van der Waals surface area contributed by atoms with Crippen LogP contribution in [-0.4, -0.2) is 32.3 Å². The third-order valence-corrected chi connectivity index (χ3v) is 4.08. The lowest BCUT2D eigenvalue weighted by Gasteiger charge is -2.28. The largest absolute Gasteiger partial charge is 0.493 e. The molecule has 0 aliphatic heterocycles. The van der Waals surface area contributed by atoms with Crippen molar-refractivity contribution in [2.75, 3.05) is 25.6 Å². The fourth-order valence-corrected chi connectivity index (χ4v) is 2.28. The molecule has 0 aliphatic rings. The first-order valence-electron chi connectivity index (χ1n) is 8.52. The number of esters is 1. The average Bonchev–Trinajstić information content (AvgIpc) is 2.53. The molecule has 1 unspecified atom stereocenters. The molecule has 0 bridgehead atoms. The molecule has 0 saturated heterocycles. The van der Waals surface area contributed by atoms with E-state index in [-0.39, 0.29) is 18.0 Å². The Balaban J connectivity index is 2.43. The van der Waals surface area contributed by atoms with Gasteiger partial charge in [0.1, 0.15) is 11.4 Å². The van der Waals surface area contributed by atoms with Gasteiger partial charge in [0, 0.05) is 25.8 Å². The van der Waals surface area contributed by atoms with Crippen molar-refractivity contribution in [2.24, 2.45) is 0 Å². The van der Waals surface area contributed by atoms with Crippen LogP contribution in [0.3, 0.4) is 0 Å². The zero-order valence-corrected chi connectivity index (χ0v) is 15.2. The predicted octanol–water partition coefficient (Wildman–Crippen LogP) is 4.42. The van der Waals surface area contributed by atoms with E-state index in [1.54, 1.807) is 0 Å². The highest BCUT2D eigenvalue weighted by molar-refractivity contribution is 5.70. The van der Waals surface area contributed by atoms with Crippen molar-refractivity contribution in [3.63, 3.8) is 0 Å². The molecule has 23 heavy (non-hydrogen) atoms. The minimum Gasteiger partial charge on any atom is -0.493 e. The highest BCUT2D eigenvalue weighted by atomic mass is 16.6. The molecule has 4 heteroatoms. The van der Waals surface area contributed by atoms with Crippen LogP contribution in [0.1, 0.15) is 52.9 Å². The van der Waals surface area contributed by atoms with Gasteiger partial charge in [-0.05, 0) is 38.3 Å². The first-order valence-corrected chi connectivity index (χ1v) is 8.52. The maximum absolute atomic E-state index is 12.0. The summed E-state index contributed by atoms with van der Waals surface area (Å²) in [6.07, 6.45) is 4.21. The van der Waals surface area contributed by atoms with Crippen LogP contribution < -0.4 is 9.64 Å². The second-order valence-electron chi connectivity index (χ2n) is 6.37. The molecule has 1 aromatic carbocycles. The van der Waals surface area contributed by atoms with E-state index in [4.69, 9.17) is 9.47 Å². The molecule has 0 amide bonds. The molecule has 0 heterocycles. The smallest absolute Gasteiger partial charge is 0.309 e. The second kappa shape index (κ2) is 9.43. The quantitative estimate of drug-likeness (QED) is 0.598. The summed E-state index contributed by atoms with van der Waals surface area (Å²) in [5.41, 5.74) is 0.723. The third-order valence-electron chi connectivity index (χ3n) is 4.08. The van der Waals surface area contributed by atoms with Gasteiger partial charge in [-0.15, -0.1) is 0 Å². The van der Waals surface area contributed by atoms with Gasteiger partial charge >= 0.3 is 5.97 Å². The summed E-state index contributed by atoms with van der Waals surface area (Å²) in [5, 5.41) is 0. The Morgan fingerprint density at radius 1 is 1.26 bits per heavy atom. The molecule has 0 saturated carbocycles. The van der Waals surface area contributed by atoms with Gasteiger partial charge in [0.2, 0.25) is 0 Å². The number of carbonyl (C=O) groups excluding carboxylic acids is 1. The minimum absolute atomic E-state index is 0.186. The molecule has 0 spiro atoms. The maximum atomic E-state index is 12.0. The van der Waals surface area contributed by atoms with Gasteiger partial charge in [-0.3, -0.25) is 4.79 Å². The van der Waals surface area contributed by atoms with Crippen LogP contribution in [-0.2, 0) is 9.53 Å². The first kappa shape index (κ1) is 19.3. The van der Waals surface area contributed by atoms with Crippen LogP contribution in [0.5, 0.6) is 5.75 Å². The van der Waals surface area contributed by atoms with E-state index in [0.717, 1.165) is 37.1 Å². The molecule has 0 N–H and O–H groups in total. The Labute approximate surface area is 140 Å². The molecule has 4 nitrogen and oxygen atoms in total. The fourth-order valence-electron chi connectivity index (χ4n) is 2.28. The van der Waals surface area contributed by atoms with Crippen molar-refractivity contribution in [3.8, 4) is 5.75 Å². The van der Waals surface area contributed by atoms with E-state index < -0.39 is 0 Å². The van der Waals surface area contributed by atoms with Crippen LogP contribution in [0.25, 0.3) is 0 Å². The number of anilines is 1. The highest BCUT2D eigenvalue weighted by Gasteiger charge is 2.25. The number of ether oxygens (including phenoxy) is 2. The predicted molar refractivity (Wildman–Crippen MR) is 95.2 cm³/mol. The molecule has 1 aromatic rings. The van der Waals surface area contributed by atoms with Crippen molar-refractivity contribution in [1.29, 1.82) is 0 Å². The Morgan fingerprint density at radius 3 is 2.61 bits per heavy atom. The number of unbranched alkanes of at least 4 members (excludes halogenated alkanes) is 1. The van der Waals surface area contributed by atoms with Crippen LogP contribution in [0.4, 0.5) is 5.69 Å². The van der Waals surface area contributed by atoms with Crippen molar-refractivity contribution in [2.45, 2.75) is 58.5 Å². The van der Waals surface area contributed by atoms with E-state index >= 15 is 0 Å². The standard InChI is InChI=1S/C19H31NO3/c1-6-8-13-19(3,7-2)23-18(21)12-14-22-17-11-9-10-16(15-17)20(4)5/h9-11,15H,6-8,12-14H2,1-5H3. The molecular weight excluding hydrogens is 290 g/mol. The summed E-state index contributed by atoms with van der Waals surface area (Å²) in [6, 6.07) is 7.82. The number of hydrogen-bond acceptors (Lipinski definition) is 4. The van der Waals surface area contributed by atoms with Crippen LogP contribution in [0.2, 0.25) is 0 Å². The lowest BCUT2D eigenvalue weighted by Crippen LogP contribution is -2.31. The van der Waals surface area contributed by atoms with Gasteiger partial charge in [0.05, 0.1) is 13.0 Å². The van der Waals surface area contributed by atoms with Crippen molar-refractivity contribution in [1.82, 2.24) is 0 Å². The van der Waals surface area contributed by atoms with E-state index in [0.29, 0.717) is 6.61 Å². The van der Waals surface area contributed by atoms with Gasteiger partial charge in [-0.1, -0.05) is 26.3 Å². The summed E-state index contributed by atoms with van der Waals surface area (Å²) in [7, 11) is 3.97. The van der Waals surface area contributed by atoms with Crippen LogP contribution in [0.15, 0.2) is 24.3 Å². The number of rotatable bonds is 10. The molecular formula is C19H31NO3. The van der Waals surface area contributed by atoms with E-state index in [2.05, 4.69) is 13.8 Å². The average molecular weight is 321 g/mol.